The van der Waals surface area contributed by atoms with Gasteiger partial charge < -0.3 is 9.64 Å². The number of piperidine rings is 1. The molecule has 0 bridgehead atoms. The summed E-state index contributed by atoms with van der Waals surface area (Å²) in [4.78, 5) is 23.0. The number of rotatable bonds is 3. The van der Waals surface area contributed by atoms with Gasteiger partial charge >= 0.3 is 0 Å². The van der Waals surface area contributed by atoms with E-state index in [-0.39, 0.29) is 12.0 Å². The van der Waals surface area contributed by atoms with Gasteiger partial charge in [-0.25, -0.2) is 9.97 Å². The van der Waals surface area contributed by atoms with Crippen LogP contribution in [0.2, 0.25) is 0 Å². The van der Waals surface area contributed by atoms with Crippen LogP contribution in [0.5, 0.6) is 5.88 Å². The molecule has 1 aromatic carbocycles. The Balaban J connectivity index is 1.36. The second-order valence-corrected chi connectivity index (χ2v) is 7.03. The van der Waals surface area contributed by atoms with Gasteiger partial charge in [-0.3, -0.25) is 4.79 Å². The molecule has 0 unspecified atom stereocenters. The number of amides is 1. The number of hydrogen-bond acceptors (Lipinski definition) is 6. The molecule has 0 saturated carbocycles. The van der Waals surface area contributed by atoms with Crippen molar-refractivity contribution in [1.82, 2.24) is 14.9 Å². The average Bonchev–Trinajstić information content (AvgIpc) is 3.16. The van der Waals surface area contributed by atoms with E-state index in [1.54, 1.807) is 29.0 Å². The van der Waals surface area contributed by atoms with E-state index in [0.29, 0.717) is 30.1 Å². The Hall–Kier alpha value is -2.98. The van der Waals surface area contributed by atoms with E-state index in [9.17, 15) is 4.79 Å². The van der Waals surface area contributed by atoms with Crippen LogP contribution < -0.4 is 4.74 Å². The molecule has 2 aromatic heterocycles. The fourth-order valence-electron chi connectivity index (χ4n) is 3.03. The number of nitrogens with zero attached hydrogens (tertiary/aromatic N) is 4. The zero-order chi connectivity index (χ0) is 17.9. The number of carbonyl (C=O) groups is 1. The predicted molar refractivity (Wildman–Crippen MR) is 98.1 cm³/mol. The molecule has 26 heavy (non-hydrogen) atoms. The molecule has 1 amide bonds. The van der Waals surface area contributed by atoms with E-state index in [2.05, 4.69) is 9.97 Å². The van der Waals surface area contributed by atoms with Gasteiger partial charge in [0.05, 0.1) is 21.3 Å². The van der Waals surface area contributed by atoms with Crippen molar-refractivity contribution in [3.05, 3.63) is 53.2 Å². The molecule has 0 spiro atoms. The quantitative estimate of drug-likeness (QED) is 0.713. The van der Waals surface area contributed by atoms with Crippen LogP contribution in [0.1, 0.15) is 28.8 Å². The highest BCUT2D eigenvalue weighted by molar-refractivity contribution is 7.16. The Morgan fingerprint density at radius 2 is 2.08 bits per heavy atom. The maximum absolute atomic E-state index is 12.7. The fraction of sp³-hybridized carbons (Fsp3) is 0.263. The molecule has 0 aliphatic carbocycles. The molecule has 3 heterocycles. The molecule has 0 atom stereocenters. The molecule has 6 nitrogen and oxygen atoms in total. The maximum Gasteiger partial charge on any atom is 0.253 e. The lowest BCUT2D eigenvalue weighted by atomic mass is 10.1. The summed E-state index contributed by atoms with van der Waals surface area (Å²) in [5.74, 6) is 0.569. The topological polar surface area (TPSA) is 79.1 Å². The summed E-state index contributed by atoms with van der Waals surface area (Å²) in [6, 6.07) is 11.1. The van der Waals surface area contributed by atoms with Crippen molar-refractivity contribution in [1.29, 1.82) is 5.26 Å². The van der Waals surface area contributed by atoms with E-state index in [1.165, 1.54) is 6.20 Å². The second-order valence-electron chi connectivity index (χ2n) is 6.14. The second kappa shape index (κ2) is 7.10. The molecule has 1 fully saturated rings. The Morgan fingerprint density at radius 1 is 1.23 bits per heavy atom. The normalized spacial score (nSPS) is 15.0. The summed E-state index contributed by atoms with van der Waals surface area (Å²) in [6.45, 7) is 1.31. The van der Waals surface area contributed by atoms with Crippen molar-refractivity contribution in [2.75, 3.05) is 13.1 Å². The lowest BCUT2D eigenvalue weighted by molar-refractivity contribution is 0.0588. The van der Waals surface area contributed by atoms with E-state index in [0.717, 1.165) is 23.1 Å². The van der Waals surface area contributed by atoms with Crippen molar-refractivity contribution in [2.24, 2.45) is 0 Å². The van der Waals surface area contributed by atoms with Crippen LogP contribution in [0.3, 0.4) is 0 Å². The van der Waals surface area contributed by atoms with Crippen molar-refractivity contribution in [2.45, 2.75) is 18.9 Å². The zero-order valence-electron chi connectivity index (χ0n) is 14.0. The molecule has 1 aliphatic heterocycles. The highest BCUT2D eigenvalue weighted by Crippen LogP contribution is 2.22. The van der Waals surface area contributed by atoms with E-state index in [4.69, 9.17) is 10.00 Å². The first-order valence-electron chi connectivity index (χ1n) is 8.38. The number of pyridine rings is 1. The third kappa shape index (κ3) is 3.37. The largest absolute Gasteiger partial charge is 0.474 e. The highest BCUT2D eigenvalue weighted by Gasteiger charge is 2.25. The molecule has 4 rings (SSSR count). The molecule has 1 saturated heterocycles. The summed E-state index contributed by atoms with van der Waals surface area (Å²) in [5, 5.41) is 8.80. The summed E-state index contributed by atoms with van der Waals surface area (Å²) in [5.41, 5.74) is 3.93. The molecule has 0 N–H and O–H groups in total. The van der Waals surface area contributed by atoms with Gasteiger partial charge in [-0.2, -0.15) is 5.26 Å². The van der Waals surface area contributed by atoms with Crippen LogP contribution in [0.4, 0.5) is 0 Å². The van der Waals surface area contributed by atoms with Crippen molar-refractivity contribution >= 4 is 27.5 Å². The maximum atomic E-state index is 12.7. The Labute approximate surface area is 154 Å². The minimum Gasteiger partial charge on any atom is -0.474 e. The van der Waals surface area contributed by atoms with Gasteiger partial charge in [0, 0.05) is 43.8 Å². The van der Waals surface area contributed by atoms with E-state index >= 15 is 0 Å². The fourth-order valence-corrected chi connectivity index (χ4v) is 3.75. The number of hydrogen-bond donors (Lipinski definition) is 0. The predicted octanol–water partition coefficient (Wildman–Crippen LogP) is 3.25. The van der Waals surface area contributed by atoms with Gasteiger partial charge in [-0.05, 0) is 24.3 Å². The highest BCUT2D eigenvalue weighted by atomic mass is 32.1. The first-order valence-corrected chi connectivity index (χ1v) is 9.26. The third-order valence-electron chi connectivity index (χ3n) is 4.46. The molecule has 0 radical (unpaired) electrons. The molecule has 130 valence electrons. The lowest BCUT2D eigenvalue weighted by Crippen LogP contribution is -2.41. The zero-order valence-corrected chi connectivity index (χ0v) is 14.8. The number of thiazole rings is 1. The minimum atomic E-state index is 0.0310. The van der Waals surface area contributed by atoms with Gasteiger partial charge in [-0.15, -0.1) is 11.3 Å². The third-order valence-corrected chi connectivity index (χ3v) is 5.25. The molecule has 7 heteroatoms. The van der Waals surface area contributed by atoms with Crippen LogP contribution in [0.15, 0.2) is 42.0 Å². The lowest BCUT2D eigenvalue weighted by Gasteiger charge is -2.32. The summed E-state index contributed by atoms with van der Waals surface area (Å²) in [7, 11) is 0. The van der Waals surface area contributed by atoms with Gasteiger partial charge in [0.2, 0.25) is 5.88 Å². The summed E-state index contributed by atoms with van der Waals surface area (Å²) >= 11 is 1.54. The van der Waals surface area contributed by atoms with Gasteiger partial charge in [0.15, 0.2) is 0 Å². The average molecular weight is 364 g/mol. The summed E-state index contributed by atoms with van der Waals surface area (Å²) in [6.07, 6.45) is 3.05. The number of likely N-dealkylation sites (tertiary alicyclic amines) is 1. The Kier molecular flexibility index (Phi) is 4.50. The van der Waals surface area contributed by atoms with Gasteiger partial charge in [0.1, 0.15) is 12.2 Å². The molecule has 1 aliphatic rings. The van der Waals surface area contributed by atoms with Crippen LogP contribution in [-0.4, -0.2) is 40.0 Å². The number of fused-ring (bicyclic) bond motifs is 1. The Morgan fingerprint density at radius 3 is 2.81 bits per heavy atom. The van der Waals surface area contributed by atoms with Crippen molar-refractivity contribution < 1.29 is 9.53 Å². The first kappa shape index (κ1) is 16.5. The molecule has 3 aromatic rings. The number of ether oxygens (including phenoxy) is 1. The number of nitriles is 1. The monoisotopic (exact) mass is 364 g/mol. The van der Waals surface area contributed by atoms with Crippen LogP contribution in [0, 0.1) is 11.3 Å². The standard InChI is InChI=1S/C19H16N4O2S/c20-10-13-1-4-18(21-11-13)25-15-5-7-23(8-6-15)19(24)14-2-3-16-17(9-14)26-12-22-16/h1-4,9,11-12,15H,5-8H2. The number of carbonyl (C=O) groups excluding carboxylic acids is 1. The van der Waals surface area contributed by atoms with Crippen LogP contribution in [0.25, 0.3) is 10.2 Å². The van der Waals surface area contributed by atoms with E-state index in [1.807, 2.05) is 29.2 Å². The molecular formula is C19H16N4O2S. The number of aromatic nitrogens is 2. The van der Waals surface area contributed by atoms with Crippen molar-refractivity contribution in [3.8, 4) is 11.9 Å². The van der Waals surface area contributed by atoms with E-state index < -0.39 is 0 Å². The smallest absolute Gasteiger partial charge is 0.253 e. The van der Waals surface area contributed by atoms with Gasteiger partial charge in [-0.1, -0.05) is 0 Å². The SMILES string of the molecule is N#Cc1ccc(OC2CCN(C(=O)c3ccc4ncsc4c3)CC2)nc1. The molecular weight excluding hydrogens is 348 g/mol. The number of benzene rings is 1. The van der Waals surface area contributed by atoms with Crippen LogP contribution in [-0.2, 0) is 0 Å². The minimum absolute atomic E-state index is 0.0310. The Bertz CT molecular complexity index is 969. The summed E-state index contributed by atoms with van der Waals surface area (Å²) < 4.78 is 6.90. The van der Waals surface area contributed by atoms with Crippen LogP contribution >= 0.6 is 11.3 Å². The van der Waals surface area contributed by atoms with Crippen molar-refractivity contribution in [3.63, 3.8) is 0 Å². The van der Waals surface area contributed by atoms with Gasteiger partial charge in [0.25, 0.3) is 5.91 Å². The first-order chi connectivity index (χ1) is 12.7.